The lowest BCUT2D eigenvalue weighted by Crippen LogP contribution is -2.45. The number of nitrogens with zero attached hydrogens (tertiary/aromatic N) is 1. The van der Waals surface area contributed by atoms with E-state index >= 15 is 0 Å². The van der Waals surface area contributed by atoms with Crippen molar-refractivity contribution in [2.45, 2.75) is 31.7 Å². The van der Waals surface area contributed by atoms with Crippen LogP contribution in [0.4, 0.5) is 13.2 Å². The lowest BCUT2D eigenvalue weighted by Gasteiger charge is -2.34. The van der Waals surface area contributed by atoms with Gasteiger partial charge in [-0.15, -0.1) is 0 Å². The minimum absolute atomic E-state index is 0.0285. The summed E-state index contributed by atoms with van der Waals surface area (Å²) >= 11 is 0. The number of hydrogen-bond acceptors (Lipinski definition) is 3. The van der Waals surface area contributed by atoms with Crippen molar-refractivity contribution in [3.8, 4) is 0 Å². The van der Waals surface area contributed by atoms with Gasteiger partial charge in [-0.05, 0) is 24.9 Å². The number of likely N-dealkylation sites (tertiary alicyclic amines) is 1. The van der Waals surface area contributed by atoms with Crippen molar-refractivity contribution in [2.24, 2.45) is 5.92 Å². The van der Waals surface area contributed by atoms with Gasteiger partial charge in [0.15, 0.2) is 0 Å². The van der Waals surface area contributed by atoms with Crippen LogP contribution in [0, 0.1) is 5.92 Å². The second-order valence-corrected chi connectivity index (χ2v) is 5.79. The third-order valence-electron chi connectivity index (χ3n) is 3.86. The third kappa shape index (κ3) is 5.59. The van der Waals surface area contributed by atoms with E-state index in [0.717, 1.165) is 5.56 Å². The maximum Gasteiger partial charge on any atom is 0.393 e. The zero-order valence-electron chi connectivity index (χ0n) is 12.4. The summed E-state index contributed by atoms with van der Waals surface area (Å²) in [5.41, 5.74) is 1.00. The van der Waals surface area contributed by atoms with Crippen LogP contribution in [0.5, 0.6) is 0 Å². The molecular formula is C16H22F3NO2. The fraction of sp³-hybridized carbons (Fsp3) is 0.625. The van der Waals surface area contributed by atoms with Crippen LogP contribution >= 0.6 is 0 Å². The molecule has 0 aliphatic carbocycles. The molecule has 1 aliphatic rings. The Kier molecular flexibility index (Phi) is 6.23. The highest BCUT2D eigenvalue weighted by Crippen LogP contribution is 2.33. The molecule has 1 fully saturated rings. The van der Waals surface area contributed by atoms with E-state index in [2.05, 4.69) is 0 Å². The van der Waals surface area contributed by atoms with Gasteiger partial charge >= 0.3 is 6.18 Å². The molecule has 0 spiro atoms. The summed E-state index contributed by atoms with van der Waals surface area (Å²) in [6.07, 6.45) is -4.22. The normalized spacial score (nSPS) is 21.7. The van der Waals surface area contributed by atoms with Gasteiger partial charge < -0.3 is 14.7 Å². The molecule has 0 radical (unpaired) electrons. The van der Waals surface area contributed by atoms with Gasteiger partial charge in [-0.25, -0.2) is 0 Å². The summed E-state index contributed by atoms with van der Waals surface area (Å²) in [6.45, 7) is 1.31. The number of aliphatic hydroxyl groups excluding tert-OH is 1. The van der Waals surface area contributed by atoms with E-state index in [4.69, 9.17) is 4.74 Å². The summed E-state index contributed by atoms with van der Waals surface area (Å²) in [7, 11) is 0. The SMILES string of the molecule is O[C@@H](COCc1ccccc1)CN1CCC[C@H](C(F)(F)F)C1. The average molecular weight is 317 g/mol. The Bertz CT molecular complexity index is 439. The Labute approximate surface area is 128 Å². The number of rotatable bonds is 6. The zero-order valence-corrected chi connectivity index (χ0v) is 12.4. The predicted octanol–water partition coefficient (Wildman–Crippen LogP) is 2.84. The highest BCUT2D eigenvalue weighted by Gasteiger charge is 2.41. The van der Waals surface area contributed by atoms with Gasteiger partial charge in [0.1, 0.15) is 0 Å². The minimum atomic E-state index is -4.15. The first-order valence-corrected chi connectivity index (χ1v) is 7.54. The van der Waals surface area contributed by atoms with Gasteiger partial charge in [0.2, 0.25) is 0 Å². The number of β-amino-alcohol motifs (C(OH)–C–C–N with tert-alkyl or cyclic N) is 1. The van der Waals surface area contributed by atoms with Gasteiger partial charge in [0.25, 0.3) is 0 Å². The number of halogens is 3. The average Bonchev–Trinajstić information content (AvgIpc) is 2.48. The van der Waals surface area contributed by atoms with Gasteiger partial charge in [0.05, 0.1) is 25.2 Å². The predicted molar refractivity (Wildman–Crippen MR) is 77.3 cm³/mol. The van der Waals surface area contributed by atoms with Crippen molar-refractivity contribution in [2.75, 3.05) is 26.2 Å². The van der Waals surface area contributed by atoms with Crippen molar-refractivity contribution in [1.29, 1.82) is 0 Å². The standard InChI is InChI=1S/C16H22F3NO2/c17-16(18,19)14-7-4-8-20(9-14)10-15(21)12-22-11-13-5-2-1-3-6-13/h1-3,5-6,14-15,21H,4,7-12H2/t14-,15+/m0/s1. The van der Waals surface area contributed by atoms with E-state index in [0.29, 0.717) is 19.6 Å². The van der Waals surface area contributed by atoms with E-state index in [9.17, 15) is 18.3 Å². The molecule has 0 bridgehead atoms. The third-order valence-corrected chi connectivity index (χ3v) is 3.86. The van der Waals surface area contributed by atoms with Crippen LogP contribution in [-0.4, -0.2) is 48.5 Å². The second kappa shape index (κ2) is 7.94. The van der Waals surface area contributed by atoms with Crippen LogP contribution in [0.15, 0.2) is 30.3 Å². The van der Waals surface area contributed by atoms with E-state index in [1.807, 2.05) is 30.3 Å². The molecule has 2 rings (SSSR count). The van der Waals surface area contributed by atoms with E-state index < -0.39 is 18.2 Å². The maximum atomic E-state index is 12.7. The van der Waals surface area contributed by atoms with Crippen LogP contribution in [0.25, 0.3) is 0 Å². The highest BCUT2D eigenvalue weighted by molar-refractivity contribution is 5.13. The number of benzene rings is 1. The van der Waals surface area contributed by atoms with Crippen LogP contribution in [-0.2, 0) is 11.3 Å². The van der Waals surface area contributed by atoms with Gasteiger partial charge in [-0.2, -0.15) is 13.2 Å². The largest absolute Gasteiger partial charge is 0.393 e. The smallest absolute Gasteiger partial charge is 0.389 e. The topological polar surface area (TPSA) is 32.7 Å². The molecule has 6 heteroatoms. The molecule has 1 aromatic rings. The van der Waals surface area contributed by atoms with Crippen molar-refractivity contribution < 1.29 is 23.0 Å². The summed E-state index contributed by atoms with van der Waals surface area (Å²) in [5, 5.41) is 9.92. The fourth-order valence-electron chi connectivity index (χ4n) is 2.73. The van der Waals surface area contributed by atoms with E-state index in [1.54, 1.807) is 4.90 Å². The molecule has 1 aromatic carbocycles. The van der Waals surface area contributed by atoms with Gasteiger partial charge in [-0.1, -0.05) is 30.3 Å². The molecule has 124 valence electrons. The Balaban J connectivity index is 1.69. The first kappa shape index (κ1) is 17.2. The van der Waals surface area contributed by atoms with Crippen molar-refractivity contribution in [3.05, 3.63) is 35.9 Å². The molecule has 1 N–H and O–H groups in total. The highest BCUT2D eigenvalue weighted by atomic mass is 19.4. The number of piperidine rings is 1. The van der Waals surface area contributed by atoms with E-state index in [1.165, 1.54) is 0 Å². The fourth-order valence-corrected chi connectivity index (χ4v) is 2.73. The van der Waals surface area contributed by atoms with Crippen molar-refractivity contribution in [3.63, 3.8) is 0 Å². The Morgan fingerprint density at radius 3 is 2.68 bits per heavy atom. The lowest BCUT2D eigenvalue weighted by molar-refractivity contribution is -0.187. The molecule has 1 aliphatic heterocycles. The molecular weight excluding hydrogens is 295 g/mol. The maximum absolute atomic E-state index is 12.7. The first-order valence-electron chi connectivity index (χ1n) is 7.54. The Hall–Kier alpha value is -1.11. The number of ether oxygens (including phenoxy) is 1. The second-order valence-electron chi connectivity index (χ2n) is 5.79. The number of hydrogen-bond donors (Lipinski definition) is 1. The summed E-state index contributed by atoms with van der Waals surface area (Å²) < 4.78 is 43.6. The summed E-state index contributed by atoms with van der Waals surface area (Å²) in [6, 6.07) is 9.56. The summed E-state index contributed by atoms with van der Waals surface area (Å²) in [5.74, 6) is -1.28. The number of aliphatic hydroxyl groups is 1. The van der Waals surface area contributed by atoms with Gasteiger partial charge in [0, 0.05) is 13.1 Å². The molecule has 1 saturated heterocycles. The minimum Gasteiger partial charge on any atom is -0.389 e. The molecule has 1 heterocycles. The molecule has 22 heavy (non-hydrogen) atoms. The zero-order chi connectivity index (χ0) is 16.0. The molecule has 0 amide bonds. The molecule has 0 saturated carbocycles. The van der Waals surface area contributed by atoms with Crippen LogP contribution in [0.1, 0.15) is 18.4 Å². The van der Waals surface area contributed by atoms with Crippen molar-refractivity contribution in [1.82, 2.24) is 4.90 Å². The monoisotopic (exact) mass is 317 g/mol. The number of alkyl halides is 3. The Morgan fingerprint density at radius 1 is 1.27 bits per heavy atom. The summed E-state index contributed by atoms with van der Waals surface area (Å²) in [4.78, 5) is 1.68. The molecule has 0 unspecified atom stereocenters. The first-order chi connectivity index (χ1) is 10.4. The molecule has 2 atom stereocenters. The Morgan fingerprint density at radius 2 is 2.00 bits per heavy atom. The van der Waals surface area contributed by atoms with Crippen LogP contribution in [0.3, 0.4) is 0 Å². The quantitative estimate of drug-likeness (QED) is 0.876. The van der Waals surface area contributed by atoms with Crippen molar-refractivity contribution >= 4 is 0 Å². The molecule has 3 nitrogen and oxygen atoms in total. The van der Waals surface area contributed by atoms with Crippen LogP contribution in [0.2, 0.25) is 0 Å². The lowest BCUT2D eigenvalue weighted by atomic mass is 9.97. The van der Waals surface area contributed by atoms with Crippen LogP contribution < -0.4 is 0 Å². The van der Waals surface area contributed by atoms with Gasteiger partial charge in [-0.3, -0.25) is 0 Å². The molecule has 0 aromatic heterocycles. The van der Waals surface area contributed by atoms with E-state index in [-0.39, 0.29) is 26.1 Å².